The highest BCUT2D eigenvalue weighted by atomic mass is 16.2. The van der Waals surface area contributed by atoms with Gasteiger partial charge < -0.3 is 0 Å². The molecule has 1 amide bonds. The van der Waals surface area contributed by atoms with E-state index in [2.05, 4.69) is 12.3 Å². The van der Waals surface area contributed by atoms with Gasteiger partial charge in [-0.05, 0) is 25.7 Å². The summed E-state index contributed by atoms with van der Waals surface area (Å²) >= 11 is 0. The highest BCUT2D eigenvalue weighted by Gasteiger charge is 2.47. The van der Waals surface area contributed by atoms with Gasteiger partial charge in [0.25, 0.3) is 0 Å². The van der Waals surface area contributed by atoms with Gasteiger partial charge in [0.05, 0.1) is 0 Å². The van der Waals surface area contributed by atoms with Crippen molar-refractivity contribution in [2.75, 3.05) is 13.1 Å². The molecule has 1 saturated heterocycles. The molecule has 1 heterocycles. The molecule has 0 radical (unpaired) electrons. The van der Waals surface area contributed by atoms with Gasteiger partial charge in [-0.25, -0.2) is 5.43 Å². The summed E-state index contributed by atoms with van der Waals surface area (Å²) in [5.41, 5.74) is 3.14. The Bertz CT molecular complexity index is 193. The van der Waals surface area contributed by atoms with Crippen LogP contribution in [0.5, 0.6) is 0 Å². The second-order valence-corrected chi connectivity index (χ2v) is 4.13. The second kappa shape index (κ2) is 2.73. The number of hydrogen-bond acceptors (Lipinski definition) is 2. The Morgan fingerprint density at radius 1 is 1.42 bits per heavy atom. The summed E-state index contributed by atoms with van der Waals surface area (Å²) in [4.78, 5) is 11.7. The molecule has 0 aromatic carbocycles. The van der Waals surface area contributed by atoms with E-state index in [0.717, 1.165) is 32.4 Å². The third-order valence-electron chi connectivity index (χ3n) is 2.87. The molecule has 3 heteroatoms. The van der Waals surface area contributed by atoms with Gasteiger partial charge in [0.1, 0.15) is 0 Å². The van der Waals surface area contributed by atoms with Crippen molar-refractivity contribution in [3.05, 3.63) is 0 Å². The van der Waals surface area contributed by atoms with E-state index < -0.39 is 0 Å². The Labute approximate surface area is 73.1 Å². The minimum absolute atomic E-state index is 0.00958. The first-order valence-corrected chi connectivity index (χ1v) is 4.78. The van der Waals surface area contributed by atoms with E-state index in [4.69, 9.17) is 0 Å². The fourth-order valence-electron chi connectivity index (χ4n) is 1.59. The fraction of sp³-hybridized carbons (Fsp3) is 0.889. The first-order valence-electron chi connectivity index (χ1n) is 4.78. The zero-order valence-corrected chi connectivity index (χ0v) is 7.60. The molecule has 2 aliphatic rings. The largest absolute Gasteiger partial charge is 0.278 e. The predicted molar refractivity (Wildman–Crippen MR) is 46.3 cm³/mol. The van der Waals surface area contributed by atoms with Crippen molar-refractivity contribution in [3.63, 3.8) is 0 Å². The summed E-state index contributed by atoms with van der Waals surface area (Å²) in [7, 11) is 0. The van der Waals surface area contributed by atoms with E-state index in [-0.39, 0.29) is 5.41 Å². The number of nitrogens with one attached hydrogen (secondary N) is 1. The van der Waals surface area contributed by atoms with Crippen molar-refractivity contribution in [1.82, 2.24) is 10.4 Å². The van der Waals surface area contributed by atoms with Gasteiger partial charge in [-0.15, -0.1) is 0 Å². The molecule has 0 aromatic heterocycles. The maximum absolute atomic E-state index is 11.7. The number of rotatable bonds is 1. The van der Waals surface area contributed by atoms with Crippen molar-refractivity contribution in [2.45, 2.75) is 32.6 Å². The number of hydrazine groups is 1. The molecule has 0 unspecified atom stereocenters. The highest BCUT2D eigenvalue weighted by molar-refractivity contribution is 5.84. The van der Waals surface area contributed by atoms with Gasteiger partial charge in [0, 0.05) is 18.5 Å². The summed E-state index contributed by atoms with van der Waals surface area (Å²) in [6.07, 6.45) is 4.49. The van der Waals surface area contributed by atoms with Crippen LogP contribution in [0.4, 0.5) is 0 Å². The first-order chi connectivity index (χ1) is 5.72. The van der Waals surface area contributed by atoms with Gasteiger partial charge in [0.2, 0.25) is 5.91 Å². The van der Waals surface area contributed by atoms with Crippen LogP contribution in [-0.2, 0) is 4.79 Å². The van der Waals surface area contributed by atoms with Gasteiger partial charge in [-0.2, -0.15) is 0 Å². The minimum atomic E-state index is -0.00958. The molecule has 1 saturated carbocycles. The minimum Gasteiger partial charge on any atom is -0.278 e. The lowest BCUT2D eigenvalue weighted by atomic mass is 10.1. The van der Waals surface area contributed by atoms with E-state index in [1.165, 1.54) is 6.42 Å². The third-order valence-corrected chi connectivity index (χ3v) is 2.87. The molecule has 0 bridgehead atoms. The summed E-state index contributed by atoms with van der Waals surface area (Å²) in [6, 6.07) is 0. The lowest BCUT2D eigenvalue weighted by Crippen LogP contribution is -2.49. The van der Waals surface area contributed by atoms with Crippen LogP contribution < -0.4 is 5.43 Å². The summed E-state index contributed by atoms with van der Waals surface area (Å²) in [5.74, 6) is 0.308. The Balaban J connectivity index is 1.94. The normalized spacial score (nSPS) is 26.9. The molecule has 2 rings (SSSR count). The summed E-state index contributed by atoms with van der Waals surface area (Å²) in [6.45, 7) is 3.92. The molecule has 0 atom stereocenters. The molecule has 1 aliphatic carbocycles. The van der Waals surface area contributed by atoms with Crippen LogP contribution >= 0.6 is 0 Å². The van der Waals surface area contributed by atoms with Crippen molar-refractivity contribution >= 4 is 5.91 Å². The van der Waals surface area contributed by atoms with Gasteiger partial charge in [-0.3, -0.25) is 9.80 Å². The zero-order valence-electron chi connectivity index (χ0n) is 7.60. The maximum Gasteiger partial charge on any atom is 0.242 e. The number of carbonyl (C=O) groups is 1. The van der Waals surface area contributed by atoms with Crippen molar-refractivity contribution < 1.29 is 4.79 Å². The quantitative estimate of drug-likeness (QED) is 0.631. The molecular formula is C9H16N2O. The van der Waals surface area contributed by atoms with Crippen LogP contribution in [0.1, 0.15) is 32.6 Å². The predicted octanol–water partition coefficient (Wildman–Crippen LogP) is 0.913. The maximum atomic E-state index is 11.7. The molecule has 1 N–H and O–H groups in total. The Hall–Kier alpha value is -0.570. The smallest absolute Gasteiger partial charge is 0.242 e. The van der Waals surface area contributed by atoms with Crippen LogP contribution in [0, 0.1) is 5.41 Å². The van der Waals surface area contributed by atoms with E-state index in [1.54, 1.807) is 0 Å². The molecule has 0 aromatic rings. The van der Waals surface area contributed by atoms with Gasteiger partial charge >= 0.3 is 0 Å². The van der Waals surface area contributed by atoms with E-state index in [1.807, 2.05) is 5.01 Å². The Morgan fingerprint density at radius 2 is 2.17 bits per heavy atom. The Kier molecular flexibility index (Phi) is 1.83. The van der Waals surface area contributed by atoms with Crippen molar-refractivity contribution in [1.29, 1.82) is 0 Å². The van der Waals surface area contributed by atoms with Gasteiger partial charge in [-0.1, -0.05) is 6.92 Å². The van der Waals surface area contributed by atoms with Crippen LogP contribution in [-0.4, -0.2) is 24.0 Å². The topological polar surface area (TPSA) is 32.3 Å². The van der Waals surface area contributed by atoms with E-state index in [0.29, 0.717) is 5.91 Å². The van der Waals surface area contributed by atoms with Crippen LogP contribution in [0.2, 0.25) is 0 Å². The van der Waals surface area contributed by atoms with Crippen molar-refractivity contribution in [3.8, 4) is 0 Å². The molecule has 2 fully saturated rings. The number of hydrogen-bond donors (Lipinski definition) is 1. The number of nitrogens with zero attached hydrogens (tertiary/aromatic N) is 1. The summed E-state index contributed by atoms with van der Waals surface area (Å²) in [5, 5.41) is 1.82. The van der Waals surface area contributed by atoms with E-state index >= 15 is 0 Å². The van der Waals surface area contributed by atoms with Crippen molar-refractivity contribution in [2.24, 2.45) is 5.41 Å². The van der Waals surface area contributed by atoms with Crippen LogP contribution in [0.3, 0.4) is 0 Å². The van der Waals surface area contributed by atoms with Crippen LogP contribution in [0.25, 0.3) is 0 Å². The SMILES string of the molecule is CC1(C(=O)N2CCCCN2)CC1. The summed E-state index contributed by atoms with van der Waals surface area (Å²) < 4.78 is 0. The molecule has 68 valence electrons. The van der Waals surface area contributed by atoms with Gasteiger partial charge in [0.15, 0.2) is 0 Å². The molecule has 12 heavy (non-hydrogen) atoms. The molecular weight excluding hydrogens is 152 g/mol. The highest BCUT2D eigenvalue weighted by Crippen LogP contribution is 2.46. The standard InChI is InChI=1S/C9H16N2O/c1-9(4-5-9)8(12)11-7-3-2-6-10-11/h10H,2-7H2,1H3. The second-order valence-electron chi connectivity index (χ2n) is 4.13. The lowest BCUT2D eigenvalue weighted by Gasteiger charge is -2.29. The fourth-order valence-corrected chi connectivity index (χ4v) is 1.59. The van der Waals surface area contributed by atoms with Crippen LogP contribution in [0.15, 0.2) is 0 Å². The third kappa shape index (κ3) is 1.33. The average molecular weight is 168 g/mol. The number of carbonyl (C=O) groups excluding carboxylic acids is 1. The first kappa shape index (κ1) is 8.05. The Morgan fingerprint density at radius 3 is 2.67 bits per heavy atom. The molecule has 1 aliphatic heterocycles. The van der Waals surface area contributed by atoms with E-state index in [9.17, 15) is 4.79 Å². The lowest BCUT2D eigenvalue weighted by molar-refractivity contribution is -0.140. The monoisotopic (exact) mass is 168 g/mol. The molecule has 0 spiro atoms. The zero-order chi connectivity index (χ0) is 8.60. The molecule has 3 nitrogen and oxygen atoms in total. The average Bonchev–Trinajstić information content (AvgIpc) is 2.85. The number of amides is 1.